The fourth-order valence-corrected chi connectivity index (χ4v) is 6.64. The highest BCUT2D eigenvalue weighted by Crippen LogP contribution is 2.44. The molecule has 2 aromatic rings. The maximum atomic E-state index is 12.9. The lowest BCUT2D eigenvalue weighted by Gasteiger charge is -2.23. The molecule has 8 heteroatoms. The van der Waals surface area contributed by atoms with E-state index in [9.17, 15) is 8.42 Å². The Bertz CT molecular complexity index is 760. The molecule has 0 spiro atoms. The van der Waals surface area contributed by atoms with E-state index in [2.05, 4.69) is 22.5 Å². The van der Waals surface area contributed by atoms with Gasteiger partial charge < -0.3 is 0 Å². The molecule has 0 saturated carbocycles. The molecule has 0 radical (unpaired) electrons. The first kappa shape index (κ1) is 16.8. The van der Waals surface area contributed by atoms with Gasteiger partial charge in [-0.25, -0.2) is 8.42 Å². The van der Waals surface area contributed by atoms with Crippen molar-refractivity contribution in [2.75, 3.05) is 10.8 Å². The van der Waals surface area contributed by atoms with Crippen LogP contribution in [0.3, 0.4) is 0 Å². The summed E-state index contributed by atoms with van der Waals surface area (Å²) in [6, 6.07) is 8.75. The number of para-hydroxylation sites is 1. The first-order chi connectivity index (χ1) is 9.89. The summed E-state index contributed by atoms with van der Waals surface area (Å²) in [7, 11) is -3.85. The van der Waals surface area contributed by atoms with Crippen LogP contribution in [0.5, 0.6) is 0 Å². The summed E-state index contributed by atoms with van der Waals surface area (Å²) in [5, 5.41) is 0. The topological polar surface area (TPSA) is 37.4 Å². The molecule has 0 N–H and O–H groups in total. The molecule has 21 heavy (non-hydrogen) atoms. The molecular weight excluding hydrogens is 417 g/mol. The van der Waals surface area contributed by atoms with E-state index in [-0.39, 0.29) is 20.2 Å². The second-order valence-electron chi connectivity index (χ2n) is 3.95. The number of anilines is 1. The predicted octanol–water partition coefficient (Wildman–Crippen LogP) is 5.20. The van der Waals surface area contributed by atoms with E-state index < -0.39 is 10.0 Å². The van der Waals surface area contributed by atoms with Crippen molar-refractivity contribution in [3.63, 3.8) is 0 Å². The van der Waals surface area contributed by atoms with E-state index in [0.29, 0.717) is 10.0 Å². The zero-order valence-electron chi connectivity index (χ0n) is 10.6. The summed E-state index contributed by atoms with van der Waals surface area (Å²) >= 11 is 16.2. The molecule has 0 aliphatic rings. The van der Waals surface area contributed by atoms with Crippen molar-refractivity contribution in [2.45, 2.75) is 4.90 Å². The van der Waals surface area contributed by atoms with Crippen LogP contribution in [-0.2, 0) is 10.0 Å². The Morgan fingerprint density at radius 1 is 1.24 bits per heavy atom. The summed E-state index contributed by atoms with van der Waals surface area (Å²) in [5.41, 5.74) is 0.530. The van der Waals surface area contributed by atoms with Gasteiger partial charge in [0, 0.05) is 0 Å². The van der Waals surface area contributed by atoms with Gasteiger partial charge in [-0.3, -0.25) is 4.31 Å². The molecule has 0 saturated heterocycles. The van der Waals surface area contributed by atoms with Crippen molar-refractivity contribution in [3.8, 4) is 0 Å². The Hall–Kier alpha value is -0.530. The summed E-state index contributed by atoms with van der Waals surface area (Å²) in [6.07, 6.45) is 1.51. The van der Waals surface area contributed by atoms with E-state index in [1.54, 1.807) is 24.3 Å². The molecule has 1 aromatic heterocycles. The van der Waals surface area contributed by atoms with Crippen LogP contribution in [0.4, 0.5) is 5.69 Å². The minimum absolute atomic E-state index is 0.0233. The standard InChI is InChI=1S/C13H10BrCl2NO2S2/c1-2-8-17(9-6-4-3-5-7-9)21(18,19)11-10(14)12(15)20-13(11)16/h2-7H,1,8H2. The first-order valence-corrected chi connectivity index (χ1v) is 9.52. The third kappa shape index (κ3) is 3.29. The molecule has 0 unspecified atom stereocenters. The molecule has 0 aliphatic heterocycles. The molecule has 0 atom stereocenters. The monoisotopic (exact) mass is 425 g/mol. The van der Waals surface area contributed by atoms with Crippen LogP contribution in [0.15, 0.2) is 52.4 Å². The number of nitrogens with zero attached hydrogens (tertiary/aromatic N) is 1. The Morgan fingerprint density at radius 2 is 1.86 bits per heavy atom. The fraction of sp³-hybridized carbons (Fsp3) is 0.0769. The summed E-state index contributed by atoms with van der Waals surface area (Å²) < 4.78 is 27.7. The van der Waals surface area contributed by atoms with Crippen LogP contribution in [0.2, 0.25) is 8.67 Å². The zero-order valence-corrected chi connectivity index (χ0v) is 15.3. The Kier molecular flexibility index (Phi) is 5.38. The number of halogens is 3. The van der Waals surface area contributed by atoms with Gasteiger partial charge in [0.15, 0.2) is 0 Å². The van der Waals surface area contributed by atoms with Gasteiger partial charge in [-0.2, -0.15) is 0 Å². The van der Waals surface area contributed by atoms with Gasteiger partial charge >= 0.3 is 0 Å². The van der Waals surface area contributed by atoms with Crippen molar-refractivity contribution >= 4 is 66.2 Å². The smallest absolute Gasteiger partial charge is 0.262 e. The second-order valence-corrected chi connectivity index (χ2v) is 8.77. The van der Waals surface area contributed by atoms with Crippen LogP contribution < -0.4 is 4.31 Å². The molecule has 2 rings (SSSR count). The Labute approximate surface area is 146 Å². The SMILES string of the molecule is C=CCN(c1ccccc1)S(=O)(=O)c1c(Cl)sc(Cl)c1Br. The van der Waals surface area contributed by atoms with Gasteiger partial charge in [0.1, 0.15) is 13.6 Å². The largest absolute Gasteiger partial charge is 0.268 e. The minimum Gasteiger partial charge on any atom is -0.262 e. The average molecular weight is 427 g/mol. The molecular formula is C13H10BrCl2NO2S2. The van der Waals surface area contributed by atoms with E-state index in [1.807, 2.05) is 6.07 Å². The first-order valence-electron chi connectivity index (χ1n) is 5.71. The van der Waals surface area contributed by atoms with Gasteiger partial charge in [0.25, 0.3) is 10.0 Å². The highest BCUT2D eigenvalue weighted by molar-refractivity contribution is 9.10. The van der Waals surface area contributed by atoms with Crippen molar-refractivity contribution < 1.29 is 8.42 Å². The molecule has 0 bridgehead atoms. The summed E-state index contributed by atoms with van der Waals surface area (Å²) in [5.74, 6) is 0. The van der Waals surface area contributed by atoms with Crippen LogP contribution in [0, 0.1) is 0 Å². The number of hydrogen-bond donors (Lipinski definition) is 0. The molecule has 0 amide bonds. The van der Waals surface area contributed by atoms with E-state index in [4.69, 9.17) is 23.2 Å². The van der Waals surface area contributed by atoms with Gasteiger partial charge in [-0.15, -0.1) is 17.9 Å². The lowest BCUT2D eigenvalue weighted by Crippen LogP contribution is -2.31. The van der Waals surface area contributed by atoms with Crippen LogP contribution in [-0.4, -0.2) is 15.0 Å². The van der Waals surface area contributed by atoms with E-state index in [0.717, 1.165) is 11.3 Å². The molecule has 0 aliphatic carbocycles. The van der Waals surface area contributed by atoms with E-state index >= 15 is 0 Å². The van der Waals surface area contributed by atoms with Gasteiger partial charge in [-0.1, -0.05) is 47.5 Å². The van der Waals surface area contributed by atoms with Crippen molar-refractivity contribution in [1.82, 2.24) is 0 Å². The molecule has 3 nitrogen and oxygen atoms in total. The van der Waals surface area contributed by atoms with Crippen LogP contribution >= 0.6 is 50.5 Å². The van der Waals surface area contributed by atoms with Crippen molar-refractivity contribution in [1.29, 1.82) is 0 Å². The lowest BCUT2D eigenvalue weighted by atomic mass is 10.3. The average Bonchev–Trinajstić information content (AvgIpc) is 2.70. The van der Waals surface area contributed by atoms with Gasteiger partial charge in [0.2, 0.25) is 0 Å². The number of benzene rings is 1. The van der Waals surface area contributed by atoms with E-state index in [1.165, 1.54) is 10.4 Å². The second kappa shape index (κ2) is 6.71. The lowest BCUT2D eigenvalue weighted by molar-refractivity contribution is 0.593. The summed E-state index contributed by atoms with van der Waals surface area (Å²) in [4.78, 5) is -0.0233. The highest BCUT2D eigenvalue weighted by Gasteiger charge is 2.31. The Morgan fingerprint density at radius 3 is 2.33 bits per heavy atom. The quantitative estimate of drug-likeness (QED) is 0.616. The third-order valence-electron chi connectivity index (χ3n) is 2.62. The third-order valence-corrected chi connectivity index (χ3v) is 7.88. The highest BCUT2D eigenvalue weighted by atomic mass is 79.9. The minimum atomic E-state index is -3.85. The molecule has 112 valence electrons. The molecule has 1 aromatic carbocycles. The zero-order chi connectivity index (χ0) is 15.6. The number of rotatable bonds is 5. The number of hydrogen-bond acceptors (Lipinski definition) is 3. The maximum absolute atomic E-state index is 12.9. The normalized spacial score (nSPS) is 11.4. The molecule has 0 fully saturated rings. The number of sulfonamides is 1. The predicted molar refractivity (Wildman–Crippen MR) is 93.2 cm³/mol. The molecule has 1 heterocycles. The van der Waals surface area contributed by atoms with Crippen LogP contribution in [0.1, 0.15) is 0 Å². The van der Waals surface area contributed by atoms with Crippen molar-refractivity contribution in [2.24, 2.45) is 0 Å². The van der Waals surface area contributed by atoms with Gasteiger partial charge in [-0.05, 0) is 28.1 Å². The Balaban J connectivity index is 2.61. The van der Waals surface area contributed by atoms with Crippen LogP contribution in [0.25, 0.3) is 0 Å². The fourth-order valence-electron chi connectivity index (χ4n) is 1.72. The number of thiophene rings is 1. The van der Waals surface area contributed by atoms with Gasteiger partial charge in [0.05, 0.1) is 16.7 Å². The maximum Gasteiger partial charge on any atom is 0.268 e. The van der Waals surface area contributed by atoms with Crippen molar-refractivity contribution in [3.05, 3.63) is 56.1 Å². The summed E-state index contributed by atoms with van der Waals surface area (Å²) in [6.45, 7) is 3.74.